The first kappa shape index (κ1) is 12.1. The zero-order chi connectivity index (χ0) is 11.5. The number of rotatable bonds is 2. The molecule has 0 aliphatic carbocycles. The molecule has 0 saturated carbocycles. The second kappa shape index (κ2) is 5.29. The third-order valence-electron chi connectivity index (χ3n) is 1.84. The van der Waals surface area contributed by atoms with Crippen molar-refractivity contribution in [2.24, 2.45) is 0 Å². The first-order valence-corrected chi connectivity index (χ1v) is 6.61. The second-order valence-corrected chi connectivity index (χ2v) is 5.30. The van der Waals surface area contributed by atoms with Gasteiger partial charge in [0, 0.05) is 9.77 Å². The van der Waals surface area contributed by atoms with Gasteiger partial charge in [-0.2, -0.15) is 4.98 Å². The molecule has 2 rings (SSSR count). The first-order valence-electron chi connectivity index (χ1n) is 4.36. The van der Waals surface area contributed by atoms with Crippen molar-refractivity contribution >= 4 is 61.6 Å². The van der Waals surface area contributed by atoms with E-state index < -0.39 is 0 Å². The van der Waals surface area contributed by atoms with Crippen molar-refractivity contribution in [3.63, 3.8) is 0 Å². The molecule has 0 fully saturated rings. The van der Waals surface area contributed by atoms with Crippen LogP contribution in [0.4, 0.5) is 11.5 Å². The van der Waals surface area contributed by atoms with Crippen molar-refractivity contribution in [3.05, 3.63) is 43.8 Å². The molecule has 2 aromatic rings. The average Bonchev–Trinajstić information content (AvgIpc) is 2.27. The highest BCUT2D eigenvalue weighted by Crippen LogP contribution is 2.26. The Morgan fingerprint density at radius 2 is 2.06 bits per heavy atom. The van der Waals surface area contributed by atoms with E-state index in [1.807, 2.05) is 24.3 Å². The van der Waals surface area contributed by atoms with Gasteiger partial charge in [0.2, 0.25) is 5.28 Å². The molecule has 3 nitrogen and oxygen atoms in total. The van der Waals surface area contributed by atoms with Crippen molar-refractivity contribution in [2.75, 3.05) is 5.32 Å². The van der Waals surface area contributed by atoms with Gasteiger partial charge < -0.3 is 5.32 Å². The summed E-state index contributed by atoms with van der Waals surface area (Å²) in [5, 5.41) is 3.41. The van der Waals surface area contributed by atoms with Crippen LogP contribution in [0.1, 0.15) is 0 Å². The van der Waals surface area contributed by atoms with Crippen LogP contribution in [-0.2, 0) is 0 Å². The van der Waals surface area contributed by atoms with E-state index in [9.17, 15) is 0 Å². The smallest absolute Gasteiger partial charge is 0.224 e. The normalized spacial score (nSPS) is 10.2. The van der Waals surface area contributed by atoms with E-state index in [0.29, 0.717) is 5.82 Å². The van der Waals surface area contributed by atoms with Crippen LogP contribution in [0.25, 0.3) is 0 Å². The summed E-state index contributed by atoms with van der Waals surface area (Å²) < 4.78 is 1.89. The number of para-hydroxylation sites is 1. The van der Waals surface area contributed by atoms with E-state index >= 15 is 0 Å². The van der Waals surface area contributed by atoms with E-state index in [1.165, 1.54) is 0 Å². The molecule has 16 heavy (non-hydrogen) atoms. The fourth-order valence-corrected chi connectivity index (χ4v) is 2.07. The summed E-state index contributed by atoms with van der Waals surface area (Å²) in [6.07, 6.45) is 1.62. The Bertz CT molecular complexity index is 521. The SMILES string of the molecule is Clc1ncc(Br)c(Nc2ccccc2I)n1. The summed E-state index contributed by atoms with van der Waals surface area (Å²) in [5.41, 5.74) is 0.985. The summed E-state index contributed by atoms with van der Waals surface area (Å²) >= 11 is 11.4. The Morgan fingerprint density at radius 3 is 2.81 bits per heavy atom. The van der Waals surface area contributed by atoms with Crippen LogP contribution >= 0.6 is 50.1 Å². The molecule has 0 radical (unpaired) electrons. The predicted octanol–water partition coefficient (Wildman–Crippen LogP) is 4.24. The maximum absolute atomic E-state index is 5.74. The van der Waals surface area contributed by atoms with Crippen LogP contribution in [0.5, 0.6) is 0 Å². The topological polar surface area (TPSA) is 37.8 Å². The lowest BCUT2D eigenvalue weighted by atomic mass is 10.3. The minimum absolute atomic E-state index is 0.219. The van der Waals surface area contributed by atoms with Crippen molar-refractivity contribution in [3.8, 4) is 0 Å². The fourth-order valence-electron chi connectivity index (χ4n) is 1.12. The van der Waals surface area contributed by atoms with Crippen molar-refractivity contribution < 1.29 is 0 Å². The Labute approximate surface area is 120 Å². The molecular formula is C10H6BrClIN3. The van der Waals surface area contributed by atoms with Crippen molar-refractivity contribution in [1.29, 1.82) is 0 Å². The van der Waals surface area contributed by atoms with E-state index in [1.54, 1.807) is 6.20 Å². The predicted molar refractivity (Wildman–Crippen MR) is 77.2 cm³/mol. The number of anilines is 2. The monoisotopic (exact) mass is 409 g/mol. The van der Waals surface area contributed by atoms with Crippen LogP contribution in [0.3, 0.4) is 0 Å². The quantitative estimate of drug-likeness (QED) is 0.595. The summed E-state index contributed by atoms with van der Waals surface area (Å²) in [6, 6.07) is 7.93. The largest absolute Gasteiger partial charge is 0.338 e. The molecule has 1 aromatic carbocycles. The lowest BCUT2D eigenvalue weighted by molar-refractivity contribution is 1.15. The molecule has 0 bridgehead atoms. The van der Waals surface area contributed by atoms with Gasteiger partial charge >= 0.3 is 0 Å². The Balaban J connectivity index is 2.34. The molecule has 1 heterocycles. The van der Waals surface area contributed by atoms with Gasteiger partial charge in [-0.25, -0.2) is 4.98 Å². The molecule has 0 aliphatic rings. The molecule has 0 atom stereocenters. The summed E-state index contributed by atoms with van der Waals surface area (Å²) in [5.74, 6) is 0.657. The fraction of sp³-hybridized carbons (Fsp3) is 0. The van der Waals surface area contributed by atoms with E-state index in [0.717, 1.165) is 13.7 Å². The number of hydrogen-bond donors (Lipinski definition) is 1. The van der Waals surface area contributed by atoms with Crippen LogP contribution in [-0.4, -0.2) is 9.97 Å². The second-order valence-electron chi connectivity index (χ2n) is 2.94. The van der Waals surface area contributed by atoms with Gasteiger partial charge in [0.1, 0.15) is 5.82 Å². The van der Waals surface area contributed by atoms with Crippen LogP contribution < -0.4 is 5.32 Å². The molecule has 82 valence electrons. The minimum atomic E-state index is 0.219. The zero-order valence-electron chi connectivity index (χ0n) is 7.92. The van der Waals surface area contributed by atoms with Crippen LogP contribution in [0, 0.1) is 3.57 Å². The van der Waals surface area contributed by atoms with Gasteiger partial charge in [-0.15, -0.1) is 0 Å². The number of hydrogen-bond acceptors (Lipinski definition) is 3. The number of aromatic nitrogens is 2. The van der Waals surface area contributed by atoms with Crippen molar-refractivity contribution in [1.82, 2.24) is 9.97 Å². The third-order valence-corrected chi connectivity index (χ3v) is 3.54. The molecule has 0 amide bonds. The van der Waals surface area contributed by atoms with Gasteiger partial charge in [0.25, 0.3) is 0 Å². The number of benzene rings is 1. The summed E-state index contributed by atoms with van der Waals surface area (Å²) in [4.78, 5) is 7.97. The lowest BCUT2D eigenvalue weighted by Gasteiger charge is -2.08. The molecular weight excluding hydrogens is 404 g/mol. The molecule has 0 unspecified atom stereocenters. The van der Waals surface area contributed by atoms with Crippen molar-refractivity contribution in [2.45, 2.75) is 0 Å². The van der Waals surface area contributed by atoms with E-state index in [2.05, 4.69) is 53.8 Å². The molecule has 0 aliphatic heterocycles. The Kier molecular flexibility index (Phi) is 3.99. The highest BCUT2D eigenvalue weighted by atomic mass is 127. The van der Waals surface area contributed by atoms with E-state index in [4.69, 9.17) is 11.6 Å². The number of nitrogens with zero attached hydrogens (tertiary/aromatic N) is 2. The maximum atomic E-state index is 5.74. The number of nitrogens with one attached hydrogen (secondary N) is 1. The Hall–Kier alpha value is -0.400. The lowest BCUT2D eigenvalue weighted by Crippen LogP contribution is -1.97. The van der Waals surface area contributed by atoms with Crippen LogP contribution in [0.2, 0.25) is 5.28 Å². The Morgan fingerprint density at radius 1 is 1.31 bits per heavy atom. The van der Waals surface area contributed by atoms with Crippen LogP contribution in [0.15, 0.2) is 34.9 Å². The molecule has 0 spiro atoms. The molecule has 1 N–H and O–H groups in total. The van der Waals surface area contributed by atoms with Gasteiger partial charge in [-0.1, -0.05) is 12.1 Å². The molecule has 0 saturated heterocycles. The molecule has 6 heteroatoms. The number of halogens is 3. The van der Waals surface area contributed by atoms with E-state index in [-0.39, 0.29) is 5.28 Å². The van der Waals surface area contributed by atoms with Gasteiger partial charge in [-0.3, -0.25) is 0 Å². The maximum Gasteiger partial charge on any atom is 0.224 e. The molecule has 1 aromatic heterocycles. The third kappa shape index (κ3) is 2.83. The summed E-state index contributed by atoms with van der Waals surface area (Å²) in [7, 11) is 0. The highest BCUT2D eigenvalue weighted by molar-refractivity contribution is 14.1. The summed E-state index contributed by atoms with van der Waals surface area (Å²) in [6.45, 7) is 0. The first-order chi connectivity index (χ1) is 7.66. The minimum Gasteiger partial charge on any atom is -0.338 e. The standard InChI is InChI=1S/C10H6BrClIN3/c11-6-5-14-10(12)16-9(6)15-8-4-2-1-3-7(8)13/h1-5H,(H,14,15,16). The average molecular weight is 410 g/mol. The zero-order valence-corrected chi connectivity index (χ0v) is 12.4. The highest BCUT2D eigenvalue weighted by Gasteiger charge is 2.05. The van der Waals surface area contributed by atoms with Gasteiger partial charge in [0.15, 0.2) is 0 Å². The van der Waals surface area contributed by atoms with Gasteiger partial charge in [-0.05, 0) is 62.3 Å². The van der Waals surface area contributed by atoms with Gasteiger partial charge in [0.05, 0.1) is 10.2 Å².